The van der Waals surface area contributed by atoms with Crippen LogP contribution >= 0.6 is 11.3 Å². The van der Waals surface area contributed by atoms with E-state index in [1.54, 1.807) is 29.1 Å². The van der Waals surface area contributed by atoms with Gasteiger partial charge < -0.3 is 5.32 Å². The van der Waals surface area contributed by atoms with Gasteiger partial charge in [-0.3, -0.25) is 9.48 Å². The molecule has 1 aliphatic heterocycles. The average molecular weight is 367 g/mol. The Kier molecular flexibility index (Phi) is 4.29. The first kappa shape index (κ1) is 17.2. The van der Waals surface area contributed by atoms with E-state index in [-0.39, 0.29) is 18.0 Å². The first-order chi connectivity index (χ1) is 11.2. The molecule has 1 N–H and O–H groups in total. The minimum absolute atomic E-state index is 0.176. The number of sulfone groups is 1. The van der Waals surface area contributed by atoms with Crippen LogP contribution in [0.4, 0.5) is 0 Å². The lowest BCUT2D eigenvalue weighted by Crippen LogP contribution is -2.36. The molecule has 8 heteroatoms. The van der Waals surface area contributed by atoms with Crippen LogP contribution in [0.2, 0.25) is 0 Å². The van der Waals surface area contributed by atoms with Crippen LogP contribution < -0.4 is 5.32 Å². The van der Waals surface area contributed by atoms with Crippen LogP contribution in [0.1, 0.15) is 61.0 Å². The number of nitrogens with zero attached hydrogens (tertiary/aromatic N) is 2. The largest absolute Gasteiger partial charge is 0.344 e. The molecule has 0 unspecified atom stereocenters. The number of aromatic nitrogens is 2. The van der Waals surface area contributed by atoms with E-state index in [0.717, 1.165) is 5.69 Å². The molecule has 0 bridgehead atoms. The third-order valence-corrected chi connectivity index (χ3v) is 8.05. The van der Waals surface area contributed by atoms with Gasteiger partial charge in [0.05, 0.1) is 11.3 Å². The van der Waals surface area contributed by atoms with Gasteiger partial charge in [-0.05, 0) is 51.6 Å². The molecule has 130 valence electrons. The summed E-state index contributed by atoms with van der Waals surface area (Å²) in [5.41, 5.74) is 1.97. The molecule has 0 fully saturated rings. The van der Waals surface area contributed by atoms with Gasteiger partial charge in [-0.1, -0.05) is 0 Å². The molecular weight excluding hydrogens is 346 g/mol. The van der Waals surface area contributed by atoms with Gasteiger partial charge >= 0.3 is 0 Å². The molecule has 0 saturated carbocycles. The smallest absolute Gasteiger partial charge is 0.272 e. The highest BCUT2D eigenvalue weighted by molar-refractivity contribution is 7.94. The molecule has 2 aromatic heterocycles. The van der Waals surface area contributed by atoms with Crippen molar-refractivity contribution in [1.82, 2.24) is 15.1 Å². The predicted octanol–water partition coefficient (Wildman–Crippen LogP) is 2.87. The molecule has 3 rings (SSSR count). The Hall–Kier alpha value is -1.67. The Morgan fingerprint density at radius 2 is 2.17 bits per heavy atom. The summed E-state index contributed by atoms with van der Waals surface area (Å²) in [4.78, 5) is 12.6. The monoisotopic (exact) mass is 367 g/mol. The first-order valence-corrected chi connectivity index (χ1v) is 10.3. The van der Waals surface area contributed by atoms with Crippen molar-refractivity contribution in [3.8, 4) is 0 Å². The highest BCUT2D eigenvalue weighted by Gasteiger charge is 2.38. The highest BCUT2D eigenvalue weighted by atomic mass is 32.2. The molecular formula is C16H21N3O3S2. The second kappa shape index (κ2) is 6.00. The minimum Gasteiger partial charge on any atom is -0.344 e. The maximum atomic E-state index is 12.6. The summed E-state index contributed by atoms with van der Waals surface area (Å²) >= 11 is 1.21. The molecule has 0 saturated heterocycles. The zero-order valence-electron chi connectivity index (χ0n) is 14.1. The van der Waals surface area contributed by atoms with Crippen LogP contribution in [0.3, 0.4) is 0 Å². The van der Waals surface area contributed by atoms with E-state index in [2.05, 4.69) is 10.4 Å². The van der Waals surface area contributed by atoms with E-state index in [9.17, 15) is 13.2 Å². The van der Waals surface area contributed by atoms with Crippen LogP contribution in [0.25, 0.3) is 0 Å². The normalized spacial score (nSPS) is 22.4. The molecule has 0 radical (unpaired) electrons. The van der Waals surface area contributed by atoms with Crippen molar-refractivity contribution in [2.75, 3.05) is 0 Å². The zero-order valence-corrected chi connectivity index (χ0v) is 15.7. The minimum atomic E-state index is -3.28. The van der Waals surface area contributed by atoms with E-state index >= 15 is 0 Å². The summed E-state index contributed by atoms with van der Waals surface area (Å²) in [6.07, 6.45) is 0.377. The molecule has 0 aromatic carbocycles. The predicted molar refractivity (Wildman–Crippen MR) is 93.1 cm³/mol. The number of carbonyl (C=O) groups is 1. The summed E-state index contributed by atoms with van der Waals surface area (Å²) < 4.78 is 26.9. The SMILES string of the molecule is Cc1cc(C(=O)N[C@H]2C[C@H](C)S(=O)(=O)c3sccc32)nn1C(C)C. The lowest BCUT2D eigenvalue weighted by Gasteiger charge is -2.27. The molecule has 6 nitrogen and oxygen atoms in total. The molecule has 3 heterocycles. The standard InChI is InChI=1S/C16H21N3O3S2/c1-9(2)19-10(3)7-14(18-19)15(20)17-13-8-11(4)24(21,22)16-12(13)5-6-23-16/h5-7,9,11,13H,8H2,1-4H3,(H,17,20)/t11-,13-/m0/s1. The summed E-state index contributed by atoms with van der Waals surface area (Å²) in [6, 6.07) is 3.41. The van der Waals surface area contributed by atoms with Gasteiger partial charge in [0, 0.05) is 17.3 Å². The number of hydrogen-bond acceptors (Lipinski definition) is 5. The van der Waals surface area contributed by atoms with E-state index < -0.39 is 15.1 Å². The number of nitrogens with one attached hydrogen (secondary N) is 1. The third-order valence-electron chi connectivity index (χ3n) is 4.34. The van der Waals surface area contributed by atoms with Gasteiger partial charge in [-0.2, -0.15) is 5.10 Å². The maximum absolute atomic E-state index is 12.6. The van der Waals surface area contributed by atoms with Crippen LogP contribution in [0.5, 0.6) is 0 Å². The summed E-state index contributed by atoms with van der Waals surface area (Å²) in [5, 5.41) is 8.56. The number of fused-ring (bicyclic) bond motifs is 1. The Bertz CT molecular complexity index is 880. The highest BCUT2D eigenvalue weighted by Crippen LogP contribution is 2.39. The van der Waals surface area contributed by atoms with Gasteiger partial charge in [-0.25, -0.2) is 8.42 Å². The number of aryl methyl sites for hydroxylation is 1. The molecule has 1 aliphatic rings. The van der Waals surface area contributed by atoms with Crippen molar-refractivity contribution in [1.29, 1.82) is 0 Å². The van der Waals surface area contributed by atoms with Crippen LogP contribution in [0, 0.1) is 6.92 Å². The maximum Gasteiger partial charge on any atom is 0.272 e. The van der Waals surface area contributed by atoms with Gasteiger partial charge in [-0.15, -0.1) is 11.3 Å². The van der Waals surface area contributed by atoms with Gasteiger partial charge in [0.2, 0.25) is 0 Å². The molecule has 2 aromatic rings. The lowest BCUT2D eigenvalue weighted by atomic mass is 10.0. The average Bonchev–Trinajstić information content (AvgIpc) is 3.12. The van der Waals surface area contributed by atoms with E-state index in [4.69, 9.17) is 0 Å². The van der Waals surface area contributed by atoms with Crippen LogP contribution in [0.15, 0.2) is 21.7 Å². The van der Waals surface area contributed by atoms with Crippen molar-refractivity contribution in [3.63, 3.8) is 0 Å². The van der Waals surface area contributed by atoms with Gasteiger partial charge in [0.25, 0.3) is 5.91 Å². The van der Waals surface area contributed by atoms with E-state index in [0.29, 0.717) is 21.9 Å². The summed E-state index contributed by atoms with van der Waals surface area (Å²) in [5.74, 6) is -0.272. The molecule has 1 amide bonds. The van der Waals surface area contributed by atoms with Gasteiger partial charge in [0.1, 0.15) is 9.90 Å². The van der Waals surface area contributed by atoms with E-state index in [1.807, 2.05) is 20.8 Å². The fourth-order valence-corrected chi connectivity index (χ4v) is 6.28. The van der Waals surface area contributed by atoms with E-state index in [1.165, 1.54) is 11.3 Å². The number of thiophene rings is 1. The van der Waals surface area contributed by atoms with Crippen LogP contribution in [-0.4, -0.2) is 29.4 Å². The molecule has 0 aliphatic carbocycles. The molecule has 2 atom stereocenters. The van der Waals surface area contributed by atoms with Crippen molar-refractivity contribution < 1.29 is 13.2 Å². The third kappa shape index (κ3) is 2.77. The number of carbonyl (C=O) groups excluding carboxylic acids is 1. The quantitative estimate of drug-likeness (QED) is 0.904. The number of rotatable bonds is 3. The summed E-state index contributed by atoms with van der Waals surface area (Å²) in [6.45, 7) is 7.62. The first-order valence-electron chi connectivity index (χ1n) is 7.90. The molecule has 24 heavy (non-hydrogen) atoms. The van der Waals surface area contributed by atoms with Crippen molar-refractivity contribution in [2.45, 2.75) is 55.7 Å². The van der Waals surface area contributed by atoms with Crippen LogP contribution in [-0.2, 0) is 9.84 Å². The van der Waals surface area contributed by atoms with Crippen molar-refractivity contribution >= 4 is 27.1 Å². The fraction of sp³-hybridized carbons (Fsp3) is 0.500. The number of amides is 1. The Labute approximate surface area is 145 Å². The number of hydrogen-bond donors (Lipinski definition) is 1. The van der Waals surface area contributed by atoms with Crippen molar-refractivity contribution in [3.05, 3.63) is 34.5 Å². The Morgan fingerprint density at radius 1 is 1.46 bits per heavy atom. The Balaban J connectivity index is 1.87. The topological polar surface area (TPSA) is 81.1 Å². The van der Waals surface area contributed by atoms with Gasteiger partial charge in [0.15, 0.2) is 9.84 Å². The second-order valence-corrected chi connectivity index (χ2v) is 9.97. The second-order valence-electron chi connectivity index (χ2n) is 6.49. The fourth-order valence-electron chi connectivity index (χ4n) is 3.05. The zero-order chi connectivity index (χ0) is 17.6. The summed E-state index contributed by atoms with van der Waals surface area (Å²) in [7, 11) is -3.28. The Morgan fingerprint density at radius 3 is 2.79 bits per heavy atom. The lowest BCUT2D eigenvalue weighted by molar-refractivity contribution is 0.0927. The van der Waals surface area contributed by atoms with Crippen molar-refractivity contribution in [2.24, 2.45) is 0 Å². The molecule has 0 spiro atoms.